The van der Waals surface area contributed by atoms with Crippen LogP contribution >= 0.6 is 23.2 Å². The van der Waals surface area contributed by atoms with Gasteiger partial charge in [0, 0.05) is 30.6 Å². The summed E-state index contributed by atoms with van der Waals surface area (Å²) >= 11 is 11.9. The monoisotopic (exact) mass is 513 g/mol. The number of nitrogens with one attached hydrogen (secondary N) is 1. The quantitative estimate of drug-likeness (QED) is 0.388. The maximum Gasteiger partial charge on any atom is 0.245 e. The molecule has 0 radical (unpaired) electrons. The minimum atomic E-state index is -0.644. The number of nitrogens with zero attached hydrogens (tertiary/aromatic N) is 4. The second-order valence-corrected chi connectivity index (χ2v) is 9.93. The van der Waals surface area contributed by atoms with Crippen molar-refractivity contribution in [2.75, 3.05) is 36.5 Å². The maximum absolute atomic E-state index is 14.7. The second kappa shape index (κ2) is 8.53. The van der Waals surface area contributed by atoms with Gasteiger partial charge < -0.3 is 19.9 Å². The molecule has 35 heavy (non-hydrogen) atoms. The van der Waals surface area contributed by atoms with Gasteiger partial charge >= 0.3 is 0 Å². The van der Waals surface area contributed by atoms with Crippen molar-refractivity contribution >= 4 is 57.2 Å². The van der Waals surface area contributed by atoms with Crippen LogP contribution in [0, 0.1) is 17.7 Å². The Balaban J connectivity index is 1.35. The SMILES string of the molecule is C=CC(=O)N1C[C@H]2C[C@@H](C1)[C@H]2N1CCOc2cc3ncnc(Nc4ccc(Cl)c(Cl)c4F)c3cc21. The van der Waals surface area contributed by atoms with Crippen molar-refractivity contribution in [3.05, 3.63) is 59.1 Å². The number of amides is 1. The van der Waals surface area contributed by atoms with Gasteiger partial charge in [-0.15, -0.1) is 0 Å². The van der Waals surface area contributed by atoms with E-state index in [1.165, 1.54) is 24.5 Å². The van der Waals surface area contributed by atoms with Crippen molar-refractivity contribution in [1.82, 2.24) is 14.9 Å². The Labute approximate surface area is 211 Å². The molecule has 1 saturated carbocycles. The van der Waals surface area contributed by atoms with Gasteiger partial charge in [-0.1, -0.05) is 29.8 Å². The predicted octanol–water partition coefficient (Wildman–Crippen LogP) is 5.05. The molecule has 3 aliphatic heterocycles. The highest BCUT2D eigenvalue weighted by Crippen LogP contribution is 2.48. The third-order valence-corrected chi connectivity index (χ3v) is 8.01. The Morgan fingerprint density at radius 2 is 2.03 bits per heavy atom. The first-order chi connectivity index (χ1) is 16.9. The summed E-state index contributed by atoms with van der Waals surface area (Å²) in [7, 11) is 0. The number of piperidine rings is 2. The minimum absolute atomic E-state index is 0.00563. The summed E-state index contributed by atoms with van der Waals surface area (Å²) in [6.07, 6.45) is 3.92. The van der Waals surface area contributed by atoms with Gasteiger partial charge in [0.1, 0.15) is 24.5 Å². The zero-order valence-electron chi connectivity index (χ0n) is 18.7. The molecule has 3 atom stereocenters. The fourth-order valence-corrected chi connectivity index (χ4v) is 5.94. The second-order valence-electron chi connectivity index (χ2n) is 9.14. The Bertz CT molecular complexity index is 1360. The molecule has 3 aromatic rings. The number of anilines is 3. The Morgan fingerprint density at radius 3 is 2.80 bits per heavy atom. The van der Waals surface area contributed by atoms with E-state index < -0.39 is 5.82 Å². The molecule has 1 aliphatic carbocycles. The molecule has 0 unspecified atom stereocenters. The summed E-state index contributed by atoms with van der Waals surface area (Å²) in [6, 6.07) is 7.29. The van der Waals surface area contributed by atoms with Crippen LogP contribution in [0.25, 0.3) is 10.9 Å². The third kappa shape index (κ3) is 3.67. The maximum atomic E-state index is 14.7. The fourth-order valence-electron chi connectivity index (χ4n) is 5.63. The molecule has 7 rings (SSSR count). The van der Waals surface area contributed by atoms with E-state index >= 15 is 0 Å². The topological polar surface area (TPSA) is 70.6 Å². The summed E-state index contributed by atoms with van der Waals surface area (Å²) in [6.45, 7) is 6.42. The van der Waals surface area contributed by atoms with Crippen LogP contribution in [0.1, 0.15) is 6.42 Å². The number of aromatic nitrogens is 2. The molecule has 3 fully saturated rings. The lowest BCUT2D eigenvalue weighted by Crippen LogP contribution is -2.66. The molecule has 2 saturated heterocycles. The molecule has 180 valence electrons. The van der Waals surface area contributed by atoms with E-state index in [-0.39, 0.29) is 21.6 Å². The molecule has 1 aromatic heterocycles. The first-order valence-electron chi connectivity index (χ1n) is 11.4. The van der Waals surface area contributed by atoms with Crippen molar-refractivity contribution in [2.45, 2.75) is 12.5 Å². The molecule has 10 heteroatoms. The van der Waals surface area contributed by atoms with Gasteiger partial charge in [0.25, 0.3) is 0 Å². The molecule has 1 amide bonds. The summed E-state index contributed by atoms with van der Waals surface area (Å²) in [5, 5.41) is 3.78. The van der Waals surface area contributed by atoms with Crippen LogP contribution in [0.2, 0.25) is 10.0 Å². The Morgan fingerprint density at radius 1 is 1.23 bits per heavy atom. The van der Waals surface area contributed by atoms with Gasteiger partial charge in [0.05, 0.1) is 33.5 Å². The molecular formula is C25H22Cl2FN5O2. The number of rotatable bonds is 4. The molecule has 1 N–H and O–H groups in total. The molecular weight excluding hydrogens is 492 g/mol. The van der Waals surface area contributed by atoms with Crippen molar-refractivity contribution < 1.29 is 13.9 Å². The largest absolute Gasteiger partial charge is 0.489 e. The number of hydrogen-bond donors (Lipinski definition) is 1. The molecule has 2 bridgehead atoms. The highest BCUT2D eigenvalue weighted by atomic mass is 35.5. The lowest BCUT2D eigenvalue weighted by atomic mass is 9.65. The van der Waals surface area contributed by atoms with E-state index in [1.807, 2.05) is 17.0 Å². The van der Waals surface area contributed by atoms with Gasteiger partial charge in [0.2, 0.25) is 5.91 Å². The van der Waals surface area contributed by atoms with Gasteiger partial charge in [0.15, 0.2) is 5.82 Å². The lowest BCUT2D eigenvalue weighted by molar-refractivity contribution is -0.133. The molecule has 0 spiro atoms. The van der Waals surface area contributed by atoms with Crippen LogP contribution in [0.5, 0.6) is 5.75 Å². The number of fused-ring (bicyclic) bond motifs is 4. The molecule has 4 heterocycles. The van der Waals surface area contributed by atoms with E-state index in [0.29, 0.717) is 35.8 Å². The van der Waals surface area contributed by atoms with Crippen molar-refractivity contribution in [2.24, 2.45) is 11.8 Å². The average molecular weight is 514 g/mol. The van der Waals surface area contributed by atoms with E-state index in [1.54, 1.807) is 0 Å². The number of hydrogen-bond acceptors (Lipinski definition) is 6. The van der Waals surface area contributed by atoms with Crippen LogP contribution in [-0.4, -0.2) is 53.1 Å². The zero-order chi connectivity index (χ0) is 24.3. The first kappa shape index (κ1) is 22.4. The number of halogens is 3. The summed E-state index contributed by atoms with van der Waals surface area (Å²) < 4.78 is 20.7. The summed E-state index contributed by atoms with van der Waals surface area (Å²) in [4.78, 5) is 25.2. The molecule has 7 nitrogen and oxygen atoms in total. The van der Waals surface area contributed by atoms with Crippen LogP contribution in [0.15, 0.2) is 43.2 Å². The van der Waals surface area contributed by atoms with E-state index in [4.69, 9.17) is 27.9 Å². The van der Waals surface area contributed by atoms with Crippen LogP contribution < -0.4 is 15.0 Å². The zero-order valence-corrected chi connectivity index (χ0v) is 20.2. The van der Waals surface area contributed by atoms with Crippen molar-refractivity contribution in [3.8, 4) is 5.75 Å². The van der Waals surface area contributed by atoms with E-state index in [2.05, 4.69) is 26.8 Å². The van der Waals surface area contributed by atoms with Crippen LogP contribution in [0.3, 0.4) is 0 Å². The van der Waals surface area contributed by atoms with E-state index in [9.17, 15) is 9.18 Å². The minimum Gasteiger partial charge on any atom is -0.489 e. The third-order valence-electron chi connectivity index (χ3n) is 7.23. The van der Waals surface area contributed by atoms with Gasteiger partial charge in [-0.2, -0.15) is 0 Å². The van der Waals surface area contributed by atoms with Gasteiger partial charge in [-0.25, -0.2) is 14.4 Å². The summed E-state index contributed by atoms with van der Waals surface area (Å²) in [5.74, 6) is 1.36. The highest BCUT2D eigenvalue weighted by molar-refractivity contribution is 6.42. The number of carbonyl (C=O) groups excluding carboxylic acids is 1. The summed E-state index contributed by atoms with van der Waals surface area (Å²) in [5.41, 5.74) is 1.81. The standard InChI is InChI=1S/C25H22Cl2FN5O2/c1-2-21(34)32-10-13-7-14(11-32)24(13)33-5-6-35-20-9-18-15(8-19(20)33)25(30-12-29-18)31-17-4-3-16(26)22(27)23(17)28/h2-4,8-9,12-14,24H,1,5-7,10-11H2,(H,29,30,31)/t13-,14+,24+. The van der Waals surface area contributed by atoms with Crippen molar-refractivity contribution in [3.63, 3.8) is 0 Å². The van der Waals surface area contributed by atoms with Crippen LogP contribution in [0.4, 0.5) is 21.6 Å². The molecule has 4 aliphatic rings. The highest BCUT2D eigenvalue weighted by Gasteiger charge is 2.51. The van der Waals surface area contributed by atoms with Crippen molar-refractivity contribution in [1.29, 1.82) is 0 Å². The fraction of sp³-hybridized carbons (Fsp3) is 0.320. The smallest absolute Gasteiger partial charge is 0.245 e. The first-order valence-corrected chi connectivity index (χ1v) is 12.2. The Kier molecular flexibility index (Phi) is 5.45. The normalized spacial score (nSPS) is 22.8. The van der Waals surface area contributed by atoms with E-state index in [0.717, 1.165) is 42.9 Å². The lowest BCUT2D eigenvalue weighted by Gasteiger charge is -2.58. The van der Waals surface area contributed by atoms with Crippen LogP contribution in [-0.2, 0) is 4.79 Å². The number of carbonyl (C=O) groups is 1. The Hall–Kier alpha value is -3.10. The number of benzene rings is 2. The average Bonchev–Trinajstić information content (AvgIpc) is 2.88. The van der Waals surface area contributed by atoms with Gasteiger partial charge in [-0.3, -0.25) is 4.79 Å². The number of ether oxygens (including phenoxy) is 1. The molecule has 2 aromatic carbocycles. The predicted molar refractivity (Wildman–Crippen MR) is 134 cm³/mol. The van der Waals surface area contributed by atoms with Gasteiger partial charge in [-0.05, 0) is 42.5 Å².